The summed E-state index contributed by atoms with van der Waals surface area (Å²) in [5.41, 5.74) is 0.479. The lowest BCUT2D eigenvalue weighted by Gasteiger charge is -2.18. The van der Waals surface area contributed by atoms with Crippen LogP contribution in [-0.2, 0) is 21.4 Å². The van der Waals surface area contributed by atoms with Gasteiger partial charge in [-0.25, -0.2) is 13.1 Å². The molecule has 0 spiro atoms. The Labute approximate surface area is 106 Å². The molecule has 18 heavy (non-hydrogen) atoms. The Morgan fingerprint density at radius 2 is 2.44 bits per heavy atom. The van der Waals surface area contributed by atoms with Crippen LogP contribution in [-0.4, -0.2) is 37.8 Å². The third-order valence-corrected chi connectivity index (χ3v) is 4.75. The first-order chi connectivity index (χ1) is 8.53. The average Bonchev–Trinajstić information content (AvgIpc) is 3.00. The second-order valence-corrected chi connectivity index (χ2v) is 6.27. The zero-order valence-electron chi connectivity index (χ0n) is 10.2. The summed E-state index contributed by atoms with van der Waals surface area (Å²) in [5.74, 6) is 0.219. The molecule has 1 aromatic rings. The van der Waals surface area contributed by atoms with Gasteiger partial charge in [-0.1, -0.05) is 0 Å². The van der Waals surface area contributed by atoms with Crippen LogP contribution < -0.4 is 4.72 Å². The molecule has 0 amide bonds. The number of aromatic amines is 1. The van der Waals surface area contributed by atoms with E-state index in [1.54, 1.807) is 0 Å². The summed E-state index contributed by atoms with van der Waals surface area (Å²) in [5, 5.41) is 8.91. The van der Waals surface area contributed by atoms with Crippen LogP contribution in [0.1, 0.15) is 19.0 Å². The second kappa shape index (κ2) is 5.40. The fourth-order valence-corrected chi connectivity index (χ4v) is 3.35. The van der Waals surface area contributed by atoms with E-state index in [0.717, 1.165) is 6.42 Å². The van der Waals surface area contributed by atoms with Crippen LogP contribution in [0.2, 0.25) is 0 Å². The van der Waals surface area contributed by atoms with Gasteiger partial charge in [0.25, 0.3) is 0 Å². The van der Waals surface area contributed by atoms with Crippen LogP contribution in [0.5, 0.6) is 0 Å². The Balaban J connectivity index is 2.06. The third kappa shape index (κ3) is 2.92. The minimum atomic E-state index is -3.53. The summed E-state index contributed by atoms with van der Waals surface area (Å²) in [6, 6.07) is 1.27. The van der Waals surface area contributed by atoms with E-state index in [4.69, 9.17) is 9.84 Å². The van der Waals surface area contributed by atoms with E-state index in [9.17, 15) is 8.42 Å². The molecule has 0 bridgehead atoms. The number of rotatable bonds is 5. The molecular weight excluding hydrogens is 256 g/mol. The van der Waals surface area contributed by atoms with Crippen molar-refractivity contribution in [2.75, 3.05) is 13.2 Å². The summed E-state index contributed by atoms with van der Waals surface area (Å²) in [6.45, 7) is 2.92. The van der Waals surface area contributed by atoms with Crippen molar-refractivity contribution < 1.29 is 18.3 Å². The lowest BCUT2D eigenvalue weighted by molar-refractivity contribution is 0.180. The van der Waals surface area contributed by atoms with Gasteiger partial charge in [0.05, 0.1) is 18.1 Å². The highest BCUT2D eigenvalue weighted by Crippen LogP contribution is 2.19. The van der Waals surface area contributed by atoms with Crippen LogP contribution in [0.25, 0.3) is 0 Å². The van der Waals surface area contributed by atoms with Crippen molar-refractivity contribution in [3.8, 4) is 0 Å². The maximum absolute atomic E-state index is 12.1. The monoisotopic (exact) mass is 274 g/mol. The first kappa shape index (κ1) is 13.5. The summed E-state index contributed by atoms with van der Waals surface area (Å²) in [4.78, 5) is 2.86. The fraction of sp³-hybridized carbons (Fsp3) is 0.636. The predicted molar refractivity (Wildman–Crippen MR) is 65.4 cm³/mol. The fourth-order valence-electron chi connectivity index (χ4n) is 2.02. The molecule has 1 saturated heterocycles. The molecule has 7 heteroatoms. The molecule has 3 N–H and O–H groups in total. The van der Waals surface area contributed by atoms with Crippen molar-refractivity contribution in [1.29, 1.82) is 0 Å². The van der Waals surface area contributed by atoms with Gasteiger partial charge in [-0.2, -0.15) is 0 Å². The summed E-state index contributed by atoms with van der Waals surface area (Å²) in [7, 11) is -3.53. The summed E-state index contributed by atoms with van der Waals surface area (Å²) < 4.78 is 32.0. The number of sulfonamides is 1. The average molecular weight is 274 g/mol. The number of ether oxygens (including phenoxy) is 1. The molecule has 0 aromatic carbocycles. The first-order valence-electron chi connectivity index (χ1n) is 5.91. The molecule has 2 atom stereocenters. The second-order valence-electron chi connectivity index (χ2n) is 4.55. The zero-order chi connectivity index (χ0) is 13.2. The molecular formula is C11H18N2O4S. The normalized spacial score (nSPS) is 22.2. The lowest BCUT2D eigenvalue weighted by Crippen LogP contribution is -2.38. The van der Waals surface area contributed by atoms with Crippen molar-refractivity contribution >= 4 is 10.0 Å². The van der Waals surface area contributed by atoms with Crippen LogP contribution in [0, 0.1) is 5.92 Å². The highest BCUT2D eigenvalue weighted by Gasteiger charge is 2.27. The largest absolute Gasteiger partial charge is 0.390 e. The van der Waals surface area contributed by atoms with Crippen molar-refractivity contribution in [3.05, 3.63) is 18.0 Å². The number of H-pyrrole nitrogens is 1. The van der Waals surface area contributed by atoms with Crippen molar-refractivity contribution in [2.45, 2.75) is 30.9 Å². The van der Waals surface area contributed by atoms with Gasteiger partial charge >= 0.3 is 0 Å². The number of nitrogens with one attached hydrogen (secondary N) is 2. The lowest BCUT2D eigenvalue weighted by atomic mass is 10.0. The van der Waals surface area contributed by atoms with Gasteiger partial charge in [-0.05, 0) is 19.4 Å². The zero-order valence-corrected chi connectivity index (χ0v) is 11.0. The standard InChI is InChI=1S/C11H18N2O4S/c1-8(9-2-3-17-7-9)13-18(15,16)11-4-10(6-14)12-5-11/h4-5,8-9,12-14H,2-3,6-7H2,1H3. The van der Waals surface area contributed by atoms with E-state index < -0.39 is 10.0 Å². The minimum Gasteiger partial charge on any atom is -0.390 e. The quantitative estimate of drug-likeness (QED) is 0.716. The van der Waals surface area contributed by atoms with Gasteiger partial charge in [0.15, 0.2) is 0 Å². The van der Waals surface area contributed by atoms with E-state index in [1.165, 1.54) is 12.3 Å². The number of hydrogen-bond acceptors (Lipinski definition) is 4. The van der Waals surface area contributed by atoms with Crippen LogP contribution >= 0.6 is 0 Å². The van der Waals surface area contributed by atoms with Crippen LogP contribution in [0.15, 0.2) is 17.2 Å². The number of hydrogen-bond donors (Lipinski definition) is 3. The number of aliphatic hydroxyl groups excluding tert-OH is 1. The van der Waals surface area contributed by atoms with E-state index in [-0.39, 0.29) is 23.5 Å². The Kier molecular flexibility index (Phi) is 4.06. The molecule has 0 saturated carbocycles. The molecule has 0 radical (unpaired) electrons. The Hall–Kier alpha value is -0.890. The molecule has 1 aromatic heterocycles. The van der Waals surface area contributed by atoms with Crippen molar-refractivity contribution in [3.63, 3.8) is 0 Å². The molecule has 6 nitrogen and oxygen atoms in total. The molecule has 1 fully saturated rings. The smallest absolute Gasteiger partial charge is 0.242 e. The van der Waals surface area contributed by atoms with E-state index >= 15 is 0 Å². The molecule has 0 aliphatic carbocycles. The topological polar surface area (TPSA) is 91.4 Å². The van der Waals surface area contributed by atoms with Crippen molar-refractivity contribution in [2.24, 2.45) is 5.92 Å². The maximum Gasteiger partial charge on any atom is 0.242 e. The molecule has 2 heterocycles. The number of aromatic nitrogens is 1. The van der Waals surface area contributed by atoms with Gasteiger partial charge < -0.3 is 14.8 Å². The van der Waals surface area contributed by atoms with Gasteiger partial charge in [-0.3, -0.25) is 0 Å². The van der Waals surface area contributed by atoms with E-state index in [2.05, 4.69) is 9.71 Å². The molecule has 2 unspecified atom stereocenters. The Bertz CT molecular complexity index is 491. The van der Waals surface area contributed by atoms with Gasteiger partial charge in [0, 0.05) is 30.5 Å². The summed E-state index contributed by atoms with van der Waals surface area (Å²) in [6.07, 6.45) is 2.25. The molecule has 1 aliphatic rings. The summed E-state index contributed by atoms with van der Waals surface area (Å²) >= 11 is 0. The molecule has 102 valence electrons. The number of aliphatic hydroxyl groups is 1. The van der Waals surface area contributed by atoms with Gasteiger partial charge in [0.1, 0.15) is 0 Å². The third-order valence-electron chi connectivity index (χ3n) is 3.21. The predicted octanol–water partition coefficient (Wildman–Crippen LogP) is 0.210. The highest BCUT2D eigenvalue weighted by atomic mass is 32.2. The first-order valence-corrected chi connectivity index (χ1v) is 7.39. The van der Waals surface area contributed by atoms with E-state index in [0.29, 0.717) is 18.9 Å². The Morgan fingerprint density at radius 1 is 1.67 bits per heavy atom. The minimum absolute atomic E-state index is 0.150. The van der Waals surface area contributed by atoms with Gasteiger partial charge in [-0.15, -0.1) is 0 Å². The van der Waals surface area contributed by atoms with Crippen molar-refractivity contribution in [1.82, 2.24) is 9.71 Å². The highest BCUT2D eigenvalue weighted by molar-refractivity contribution is 7.89. The molecule has 2 rings (SSSR count). The van der Waals surface area contributed by atoms with Gasteiger partial charge in [0.2, 0.25) is 10.0 Å². The van der Waals surface area contributed by atoms with Crippen LogP contribution in [0.4, 0.5) is 0 Å². The van der Waals surface area contributed by atoms with E-state index in [1.807, 2.05) is 6.92 Å². The Morgan fingerprint density at radius 3 is 3.00 bits per heavy atom. The molecule has 1 aliphatic heterocycles. The van der Waals surface area contributed by atoms with Crippen LogP contribution in [0.3, 0.4) is 0 Å². The SMILES string of the molecule is CC(NS(=O)(=O)c1c[nH]c(CO)c1)C1CCOC1. The maximum atomic E-state index is 12.1.